The molecule has 1 aliphatic rings. The molecule has 28 heavy (non-hydrogen) atoms. The minimum Gasteiger partial charge on any atom is -0.341 e. The van der Waals surface area contributed by atoms with E-state index in [2.05, 4.69) is 107 Å². The lowest BCUT2D eigenvalue weighted by Crippen LogP contribution is -2.91. The molecule has 0 unspecified atom stereocenters. The van der Waals surface area contributed by atoms with Gasteiger partial charge in [0.2, 0.25) is 0 Å². The minimum absolute atomic E-state index is 0.969. The van der Waals surface area contributed by atoms with Crippen molar-refractivity contribution in [3.8, 4) is 0 Å². The van der Waals surface area contributed by atoms with Crippen LogP contribution in [-0.4, -0.2) is 22.0 Å². The number of hydrogen-bond acceptors (Lipinski definition) is 0. The number of hydrogen-bond donors (Lipinski definition) is 0. The Kier molecular flexibility index (Phi) is 3.77. The average molecular weight is 372 g/mol. The SMILES string of the molecule is CC[B-]1(CC)n2c3ccccc3c[n+]2[B-](CC)(CC)n2c3ccccc3c[n+]21. The highest BCUT2D eigenvalue weighted by atomic mass is 15.5. The Morgan fingerprint density at radius 1 is 0.607 bits per heavy atom. The predicted octanol–water partition coefficient (Wildman–Crippen LogP) is 4.24. The summed E-state index contributed by atoms with van der Waals surface area (Å²) < 4.78 is 10.6. The van der Waals surface area contributed by atoms with Gasteiger partial charge < -0.3 is 9.19 Å². The van der Waals surface area contributed by atoms with Crippen LogP contribution < -0.4 is 9.19 Å². The quantitative estimate of drug-likeness (QED) is 0.477. The Morgan fingerprint density at radius 3 is 1.32 bits per heavy atom. The standard InChI is InChI=1S/C22H30B2N4/c1-5-23(6-2)25-17-19-13-10-12-16-22(19)28(25)24(7-3,8-4)26-18-20-14-9-11-15-21(20)27(23)26/h9-18H,5-8H2,1-4H3. The van der Waals surface area contributed by atoms with Gasteiger partial charge in [-0.25, -0.2) is 0 Å². The highest BCUT2D eigenvalue weighted by Gasteiger charge is 2.56. The number of fused-ring (bicyclic) bond motifs is 6. The largest absolute Gasteiger partial charge is 0.439 e. The van der Waals surface area contributed by atoms with Crippen molar-refractivity contribution >= 4 is 34.6 Å². The van der Waals surface area contributed by atoms with Gasteiger partial charge >= 0.3 is 12.8 Å². The van der Waals surface area contributed by atoms with Gasteiger partial charge in [0.15, 0.2) is 0 Å². The molecule has 0 radical (unpaired) electrons. The minimum atomic E-state index is -0.969. The predicted molar refractivity (Wildman–Crippen MR) is 119 cm³/mol. The maximum absolute atomic E-state index is 2.68. The van der Waals surface area contributed by atoms with Crippen molar-refractivity contribution < 1.29 is 9.19 Å². The maximum Gasteiger partial charge on any atom is 0.439 e. The Bertz CT molecular complexity index is 1090. The van der Waals surface area contributed by atoms with E-state index in [1.165, 1.54) is 21.8 Å². The average Bonchev–Trinajstić information content (AvgIpc) is 3.33. The van der Waals surface area contributed by atoms with Crippen LogP contribution in [-0.2, 0) is 0 Å². The van der Waals surface area contributed by atoms with Crippen LogP contribution >= 0.6 is 0 Å². The Balaban J connectivity index is 2.03. The third-order valence-electron chi connectivity index (χ3n) is 7.92. The second-order valence-electron chi connectivity index (χ2n) is 8.73. The number of aromatic nitrogens is 4. The third kappa shape index (κ3) is 1.88. The van der Waals surface area contributed by atoms with Crippen LogP contribution in [0.2, 0.25) is 25.3 Å². The molecule has 1 aliphatic heterocycles. The first-order chi connectivity index (χ1) is 13.7. The lowest BCUT2D eigenvalue weighted by atomic mass is 9.37. The molecule has 0 aliphatic carbocycles. The van der Waals surface area contributed by atoms with Gasteiger partial charge in [-0.1, -0.05) is 77.2 Å². The van der Waals surface area contributed by atoms with Gasteiger partial charge in [-0.05, 0) is 24.3 Å². The zero-order chi connectivity index (χ0) is 19.5. The monoisotopic (exact) mass is 372 g/mol. The van der Waals surface area contributed by atoms with Gasteiger partial charge in [0.1, 0.15) is 12.4 Å². The van der Waals surface area contributed by atoms with Gasteiger partial charge in [-0.15, -0.1) is 0 Å². The van der Waals surface area contributed by atoms with E-state index in [9.17, 15) is 0 Å². The van der Waals surface area contributed by atoms with E-state index in [1.807, 2.05) is 0 Å². The first kappa shape index (κ1) is 17.6. The summed E-state index contributed by atoms with van der Waals surface area (Å²) in [4.78, 5) is 0. The van der Waals surface area contributed by atoms with Crippen molar-refractivity contribution in [2.75, 3.05) is 0 Å². The highest BCUT2D eigenvalue weighted by molar-refractivity contribution is 6.75. The Morgan fingerprint density at radius 2 is 0.964 bits per heavy atom. The zero-order valence-corrected chi connectivity index (χ0v) is 17.5. The zero-order valence-electron chi connectivity index (χ0n) is 17.5. The van der Waals surface area contributed by atoms with Gasteiger partial charge in [0, 0.05) is 0 Å². The van der Waals surface area contributed by atoms with Gasteiger partial charge in [0.05, 0.1) is 21.8 Å². The van der Waals surface area contributed by atoms with Crippen LogP contribution in [0.5, 0.6) is 0 Å². The summed E-state index contributed by atoms with van der Waals surface area (Å²) in [7, 11) is 0. The summed E-state index contributed by atoms with van der Waals surface area (Å²) >= 11 is 0. The molecule has 6 heteroatoms. The van der Waals surface area contributed by atoms with Crippen LogP contribution in [0.15, 0.2) is 60.9 Å². The van der Waals surface area contributed by atoms with E-state index < -0.39 is 12.8 Å². The van der Waals surface area contributed by atoms with E-state index in [-0.39, 0.29) is 0 Å². The van der Waals surface area contributed by atoms with Crippen LogP contribution in [0.4, 0.5) is 0 Å². The lowest BCUT2D eigenvalue weighted by molar-refractivity contribution is -0.713. The van der Waals surface area contributed by atoms with Crippen molar-refractivity contribution in [1.29, 1.82) is 0 Å². The van der Waals surface area contributed by atoms with Crippen LogP contribution in [0.3, 0.4) is 0 Å². The fourth-order valence-corrected chi connectivity index (χ4v) is 6.27. The molecule has 4 aromatic rings. The van der Waals surface area contributed by atoms with Crippen LogP contribution in [0.1, 0.15) is 27.7 Å². The molecular formula is C22H30B2N4. The normalized spacial score (nSPS) is 17.0. The molecule has 3 heterocycles. The Hall–Kier alpha value is -2.49. The summed E-state index contributed by atoms with van der Waals surface area (Å²) in [6.45, 7) is 9.43. The first-order valence-corrected chi connectivity index (χ1v) is 11.1. The summed E-state index contributed by atoms with van der Waals surface area (Å²) in [6, 6.07) is 17.8. The molecule has 2 aromatic carbocycles. The topological polar surface area (TPSA) is 17.6 Å². The second kappa shape index (κ2) is 6.00. The van der Waals surface area contributed by atoms with E-state index in [0.717, 1.165) is 25.3 Å². The molecule has 2 aromatic heterocycles. The molecule has 0 saturated heterocycles. The highest BCUT2D eigenvalue weighted by Crippen LogP contribution is 2.30. The van der Waals surface area contributed by atoms with Crippen molar-refractivity contribution in [2.24, 2.45) is 0 Å². The van der Waals surface area contributed by atoms with E-state index >= 15 is 0 Å². The van der Waals surface area contributed by atoms with Crippen LogP contribution in [0.25, 0.3) is 21.8 Å². The van der Waals surface area contributed by atoms with Gasteiger partial charge in [-0.3, -0.25) is 9.19 Å². The molecule has 5 rings (SSSR count). The van der Waals surface area contributed by atoms with Gasteiger partial charge in [0.25, 0.3) is 0 Å². The molecule has 0 bridgehead atoms. The molecule has 144 valence electrons. The number of para-hydroxylation sites is 2. The van der Waals surface area contributed by atoms with E-state index in [0.29, 0.717) is 0 Å². The fourth-order valence-electron chi connectivity index (χ4n) is 6.27. The molecule has 0 N–H and O–H groups in total. The second-order valence-corrected chi connectivity index (χ2v) is 8.73. The number of nitrogens with zero attached hydrogens (tertiary/aromatic N) is 4. The van der Waals surface area contributed by atoms with Gasteiger partial charge in [-0.2, -0.15) is 0 Å². The summed E-state index contributed by atoms with van der Waals surface area (Å²) in [5.41, 5.74) is 2.73. The molecule has 0 saturated carbocycles. The summed E-state index contributed by atoms with van der Waals surface area (Å²) in [5.74, 6) is 0. The summed E-state index contributed by atoms with van der Waals surface area (Å²) in [6.07, 6.45) is 7.33. The molecule has 0 atom stereocenters. The van der Waals surface area contributed by atoms with Crippen molar-refractivity contribution in [3.05, 3.63) is 60.9 Å². The van der Waals surface area contributed by atoms with E-state index in [4.69, 9.17) is 0 Å². The lowest BCUT2D eigenvalue weighted by Gasteiger charge is -2.47. The number of benzene rings is 2. The van der Waals surface area contributed by atoms with Crippen molar-refractivity contribution in [2.45, 2.75) is 53.0 Å². The third-order valence-corrected chi connectivity index (χ3v) is 7.92. The molecule has 0 spiro atoms. The van der Waals surface area contributed by atoms with E-state index in [1.54, 1.807) is 0 Å². The smallest absolute Gasteiger partial charge is 0.341 e. The molecule has 0 fully saturated rings. The van der Waals surface area contributed by atoms with Crippen molar-refractivity contribution in [3.63, 3.8) is 0 Å². The molecule has 0 amide bonds. The molecule has 4 nitrogen and oxygen atoms in total. The fraction of sp³-hybridized carbons (Fsp3) is 0.364. The maximum atomic E-state index is 2.68. The molecular weight excluding hydrogens is 342 g/mol. The summed E-state index contributed by atoms with van der Waals surface area (Å²) in [5, 5.41) is 2.69. The first-order valence-electron chi connectivity index (χ1n) is 11.1. The van der Waals surface area contributed by atoms with Crippen molar-refractivity contribution in [1.82, 2.24) is 9.19 Å². The Labute approximate surface area is 167 Å². The van der Waals surface area contributed by atoms with Crippen LogP contribution in [0, 0.1) is 0 Å². The number of rotatable bonds is 4.